The Bertz CT molecular complexity index is 1710. The zero-order chi connectivity index (χ0) is 24.1. The van der Waals surface area contributed by atoms with E-state index in [-0.39, 0.29) is 11.2 Å². The van der Waals surface area contributed by atoms with E-state index in [0.29, 0.717) is 11.3 Å². The third-order valence-corrected chi connectivity index (χ3v) is 6.31. The van der Waals surface area contributed by atoms with Gasteiger partial charge < -0.3 is 4.90 Å². The minimum atomic E-state index is -0.169. The Balaban J connectivity index is 1.64. The van der Waals surface area contributed by atoms with Gasteiger partial charge in [0.15, 0.2) is 0 Å². The number of nitrogens with zero attached hydrogens (tertiary/aromatic N) is 5. The van der Waals surface area contributed by atoms with Gasteiger partial charge in [-0.2, -0.15) is 0 Å². The van der Waals surface area contributed by atoms with Crippen molar-refractivity contribution in [3.63, 3.8) is 0 Å². The molecular weight excluding hydrogens is 428 g/mol. The quantitative estimate of drug-likeness (QED) is 0.421. The maximum atomic E-state index is 13.4. The summed E-state index contributed by atoms with van der Waals surface area (Å²) in [5.74, 6) is 0. The summed E-state index contributed by atoms with van der Waals surface area (Å²) in [6, 6.07) is 17.7. The van der Waals surface area contributed by atoms with Crippen molar-refractivity contribution in [2.45, 2.75) is 6.92 Å². The minimum absolute atomic E-state index is 0.0970. The number of H-pyrrole nitrogens is 1. The summed E-state index contributed by atoms with van der Waals surface area (Å²) < 4.78 is 4.79. The van der Waals surface area contributed by atoms with Gasteiger partial charge in [0, 0.05) is 45.5 Å². The molecule has 5 aromatic rings. The number of nitrogens with one attached hydrogen (secondary N) is 1. The van der Waals surface area contributed by atoms with Gasteiger partial charge in [-0.05, 0) is 30.5 Å². The van der Waals surface area contributed by atoms with Crippen molar-refractivity contribution < 1.29 is 0 Å². The number of hydrogen-bond acceptors (Lipinski definition) is 4. The van der Waals surface area contributed by atoms with Crippen LogP contribution in [0, 0.1) is 6.92 Å². The Labute approximate surface area is 196 Å². The number of hydrogen-bond donors (Lipinski definition) is 1. The lowest BCUT2D eigenvalue weighted by Gasteiger charge is -2.15. The van der Waals surface area contributed by atoms with Crippen molar-refractivity contribution in [3.8, 4) is 5.69 Å². The number of aliphatic imine (C=N–C) groups is 1. The summed E-state index contributed by atoms with van der Waals surface area (Å²) in [6.07, 6.45) is 1.60. The molecule has 0 atom stereocenters. The Morgan fingerprint density at radius 3 is 2.35 bits per heavy atom. The summed E-state index contributed by atoms with van der Waals surface area (Å²) in [5, 5.41) is 5.25. The summed E-state index contributed by atoms with van der Waals surface area (Å²) in [5.41, 5.74) is 4.87. The molecule has 0 saturated carbocycles. The number of aromatic amines is 1. The molecule has 2 aromatic heterocycles. The van der Waals surface area contributed by atoms with E-state index in [0.717, 1.165) is 38.9 Å². The van der Waals surface area contributed by atoms with Crippen LogP contribution in [0.5, 0.6) is 0 Å². The third-order valence-electron chi connectivity index (χ3n) is 6.31. The van der Waals surface area contributed by atoms with E-state index in [2.05, 4.69) is 5.10 Å². The number of aromatic nitrogens is 4. The van der Waals surface area contributed by atoms with Crippen molar-refractivity contribution >= 4 is 39.4 Å². The van der Waals surface area contributed by atoms with Crippen molar-refractivity contribution in [1.82, 2.24) is 18.9 Å². The molecule has 34 heavy (non-hydrogen) atoms. The zero-order valence-corrected chi connectivity index (χ0v) is 19.8. The molecule has 2 heterocycles. The van der Waals surface area contributed by atoms with Crippen LogP contribution >= 0.6 is 0 Å². The standard InChI is InChI=1S/C26H26N6O2/c1-16-19(25(33)32(28-16)21-12-8-10-17-9-6-7-11-18(17)21)15-27-20-13-23-24(14-22(20)29(2)3)31(5)26(34)30(23)4/h6-15,28H,1-5H3. The Hall–Kier alpha value is -4.33. The van der Waals surface area contributed by atoms with Crippen LogP contribution in [0.2, 0.25) is 0 Å². The Morgan fingerprint density at radius 1 is 0.941 bits per heavy atom. The number of imidazole rings is 1. The molecule has 1 N–H and O–H groups in total. The smallest absolute Gasteiger partial charge is 0.328 e. The van der Waals surface area contributed by atoms with Gasteiger partial charge in [0.2, 0.25) is 0 Å². The van der Waals surface area contributed by atoms with Crippen LogP contribution in [0.3, 0.4) is 0 Å². The molecule has 0 fully saturated rings. The van der Waals surface area contributed by atoms with Gasteiger partial charge in [0.25, 0.3) is 5.56 Å². The molecular formula is C26H26N6O2. The second-order valence-corrected chi connectivity index (χ2v) is 8.67. The molecule has 0 bridgehead atoms. The fraction of sp³-hybridized carbons (Fsp3) is 0.192. The summed E-state index contributed by atoms with van der Waals surface area (Å²) >= 11 is 0. The van der Waals surface area contributed by atoms with E-state index in [1.165, 1.54) is 0 Å². The topological polar surface area (TPSA) is 80.3 Å². The summed E-state index contributed by atoms with van der Waals surface area (Å²) in [4.78, 5) is 32.4. The minimum Gasteiger partial charge on any atom is -0.376 e. The highest BCUT2D eigenvalue weighted by Gasteiger charge is 2.15. The fourth-order valence-electron chi connectivity index (χ4n) is 4.40. The maximum Gasteiger partial charge on any atom is 0.328 e. The monoisotopic (exact) mass is 454 g/mol. The first kappa shape index (κ1) is 21.5. The molecule has 8 heteroatoms. The number of aryl methyl sites for hydroxylation is 3. The molecule has 0 amide bonds. The van der Waals surface area contributed by atoms with Crippen molar-refractivity contribution in [3.05, 3.63) is 86.7 Å². The molecule has 0 aliphatic heterocycles. The van der Waals surface area contributed by atoms with Gasteiger partial charge >= 0.3 is 5.69 Å². The first-order valence-corrected chi connectivity index (χ1v) is 11.0. The van der Waals surface area contributed by atoms with Gasteiger partial charge in [-0.1, -0.05) is 36.4 Å². The van der Waals surface area contributed by atoms with Gasteiger partial charge in [-0.15, -0.1) is 0 Å². The average molecular weight is 455 g/mol. The van der Waals surface area contributed by atoms with E-state index >= 15 is 0 Å². The van der Waals surface area contributed by atoms with Crippen LogP contribution in [0.15, 0.2) is 69.2 Å². The van der Waals surface area contributed by atoms with Crippen molar-refractivity contribution in [1.29, 1.82) is 0 Å². The predicted octanol–water partition coefficient (Wildman–Crippen LogP) is 3.63. The molecule has 0 spiro atoms. The van der Waals surface area contributed by atoms with E-state index < -0.39 is 0 Å². The summed E-state index contributed by atoms with van der Waals surface area (Å²) in [7, 11) is 7.35. The van der Waals surface area contributed by atoms with Gasteiger partial charge in [-0.3, -0.25) is 24.0 Å². The zero-order valence-electron chi connectivity index (χ0n) is 19.8. The van der Waals surface area contributed by atoms with Crippen LogP contribution < -0.4 is 16.1 Å². The Kier molecular flexibility index (Phi) is 5.01. The van der Waals surface area contributed by atoms with E-state index in [9.17, 15) is 9.59 Å². The summed E-state index contributed by atoms with van der Waals surface area (Å²) in [6.45, 7) is 1.86. The first-order valence-electron chi connectivity index (χ1n) is 11.0. The SMILES string of the molecule is Cc1[nH]n(-c2cccc3ccccc23)c(=O)c1C=Nc1cc2c(cc1N(C)C)n(C)c(=O)n2C. The molecule has 0 unspecified atom stereocenters. The molecule has 5 rings (SSSR count). The second kappa shape index (κ2) is 7.91. The number of fused-ring (bicyclic) bond motifs is 2. The largest absolute Gasteiger partial charge is 0.376 e. The van der Waals surface area contributed by atoms with Crippen LogP contribution in [0.1, 0.15) is 11.3 Å². The van der Waals surface area contributed by atoms with Crippen molar-refractivity contribution in [2.24, 2.45) is 19.1 Å². The van der Waals surface area contributed by atoms with E-state index in [4.69, 9.17) is 4.99 Å². The van der Waals surface area contributed by atoms with Gasteiger partial charge in [0.05, 0.1) is 33.7 Å². The van der Waals surface area contributed by atoms with Crippen LogP contribution in [-0.2, 0) is 14.1 Å². The first-order chi connectivity index (χ1) is 16.3. The number of benzene rings is 3. The van der Waals surface area contributed by atoms with Crippen LogP contribution in [0.4, 0.5) is 11.4 Å². The number of rotatable bonds is 4. The predicted molar refractivity (Wildman–Crippen MR) is 138 cm³/mol. The lowest BCUT2D eigenvalue weighted by Crippen LogP contribution is -2.19. The third kappa shape index (κ3) is 3.26. The molecule has 0 aliphatic rings. The number of anilines is 1. The Morgan fingerprint density at radius 2 is 1.62 bits per heavy atom. The average Bonchev–Trinajstić information content (AvgIpc) is 3.23. The second-order valence-electron chi connectivity index (χ2n) is 8.67. The molecule has 8 nitrogen and oxygen atoms in total. The molecule has 0 aliphatic carbocycles. The molecule has 0 saturated heterocycles. The molecule has 0 radical (unpaired) electrons. The van der Waals surface area contributed by atoms with Gasteiger partial charge in [0.1, 0.15) is 0 Å². The highest BCUT2D eigenvalue weighted by atomic mass is 16.1. The van der Waals surface area contributed by atoms with Gasteiger partial charge in [-0.25, -0.2) is 9.48 Å². The normalized spacial score (nSPS) is 11.8. The van der Waals surface area contributed by atoms with Crippen LogP contribution in [0.25, 0.3) is 27.5 Å². The fourth-order valence-corrected chi connectivity index (χ4v) is 4.40. The van der Waals surface area contributed by atoms with Crippen LogP contribution in [-0.4, -0.2) is 39.2 Å². The van der Waals surface area contributed by atoms with E-state index in [1.807, 2.05) is 80.5 Å². The molecule has 3 aromatic carbocycles. The van der Waals surface area contributed by atoms with E-state index in [1.54, 1.807) is 34.1 Å². The highest BCUT2D eigenvalue weighted by molar-refractivity contribution is 5.92. The van der Waals surface area contributed by atoms with Crippen molar-refractivity contribution in [2.75, 3.05) is 19.0 Å². The molecule has 172 valence electrons. The highest BCUT2D eigenvalue weighted by Crippen LogP contribution is 2.32. The lowest BCUT2D eigenvalue weighted by atomic mass is 10.1. The maximum absolute atomic E-state index is 13.4. The lowest BCUT2D eigenvalue weighted by molar-refractivity contribution is 0.795.